The van der Waals surface area contributed by atoms with Crippen molar-refractivity contribution < 1.29 is 8.78 Å². The Balaban J connectivity index is 1.58. The lowest BCUT2D eigenvalue weighted by molar-refractivity contribution is 0.509. The highest BCUT2D eigenvalue weighted by Gasteiger charge is 2.17. The number of aryl methyl sites for hydroxylation is 1. The smallest absolute Gasteiger partial charge is 0.198 e. The van der Waals surface area contributed by atoms with Gasteiger partial charge in [0.25, 0.3) is 0 Å². The minimum atomic E-state index is -0.968. The van der Waals surface area contributed by atoms with E-state index in [1.165, 1.54) is 17.1 Å². The summed E-state index contributed by atoms with van der Waals surface area (Å²) in [6.45, 7) is 1.90. The first-order valence-corrected chi connectivity index (χ1v) is 9.98. The Hall–Kier alpha value is -4.05. The summed E-state index contributed by atoms with van der Waals surface area (Å²) in [6, 6.07) is 12.9. The molecule has 0 saturated carbocycles. The van der Waals surface area contributed by atoms with Crippen molar-refractivity contribution in [3.05, 3.63) is 84.6 Å². The van der Waals surface area contributed by atoms with Crippen LogP contribution in [-0.2, 0) is 0 Å². The molecule has 32 heavy (non-hydrogen) atoms. The molecule has 1 N–H and O–H groups in total. The van der Waals surface area contributed by atoms with Gasteiger partial charge in [-0.15, -0.1) is 0 Å². The molecular formula is C22H15F2N7S. The number of benzene rings is 1. The van der Waals surface area contributed by atoms with Crippen molar-refractivity contribution in [1.29, 1.82) is 0 Å². The van der Waals surface area contributed by atoms with E-state index in [0.717, 1.165) is 29.0 Å². The van der Waals surface area contributed by atoms with Gasteiger partial charge in [-0.25, -0.2) is 23.0 Å². The van der Waals surface area contributed by atoms with Gasteiger partial charge in [0.15, 0.2) is 22.4 Å². The minimum Gasteiger partial charge on any atom is -0.331 e. The Bertz CT molecular complexity index is 1470. The predicted octanol–water partition coefficient (Wildman–Crippen LogP) is 4.49. The molecule has 4 heterocycles. The first kappa shape index (κ1) is 19.9. The van der Waals surface area contributed by atoms with Crippen molar-refractivity contribution in [2.45, 2.75) is 6.92 Å². The zero-order valence-electron chi connectivity index (χ0n) is 16.7. The Morgan fingerprint density at radius 2 is 1.91 bits per heavy atom. The zero-order valence-corrected chi connectivity index (χ0v) is 17.5. The Morgan fingerprint density at radius 3 is 2.72 bits per heavy atom. The normalized spacial score (nSPS) is 11.1. The van der Waals surface area contributed by atoms with Gasteiger partial charge in [-0.3, -0.25) is 4.98 Å². The topological polar surface area (TPSA) is 72.9 Å². The summed E-state index contributed by atoms with van der Waals surface area (Å²) in [6.07, 6.45) is 5.08. The van der Waals surface area contributed by atoms with E-state index in [9.17, 15) is 8.78 Å². The molecule has 0 bridgehead atoms. The van der Waals surface area contributed by atoms with Crippen molar-refractivity contribution in [3.63, 3.8) is 0 Å². The standard InChI is InChI=1S/C22H15F2N7S/c1-13-3-2-4-19(27-13)21-16(14-5-8-20-25-12-26-30(20)10-14)11-31(29-21)22(32)28-15-6-7-17(23)18(24)9-15/h2-12H,1H3,(H,28,32). The fourth-order valence-corrected chi connectivity index (χ4v) is 3.50. The Morgan fingerprint density at radius 1 is 1.03 bits per heavy atom. The van der Waals surface area contributed by atoms with Crippen LogP contribution >= 0.6 is 12.2 Å². The lowest BCUT2D eigenvalue weighted by Crippen LogP contribution is -2.19. The van der Waals surface area contributed by atoms with E-state index >= 15 is 0 Å². The van der Waals surface area contributed by atoms with E-state index in [1.54, 1.807) is 10.7 Å². The molecule has 0 aliphatic rings. The number of nitrogens with zero attached hydrogens (tertiary/aromatic N) is 6. The third-order valence-corrected chi connectivity index (χ3v) is 5.10. The molecule has 7 nitrogen and oxygen atoms in total. The van der Waals surface area contributed by atoms with Crippen molar-refractivity contribution in [2.24, 2.45) is 0 Å². The molecule has 1 aromatic carbocycles. The van der Waals surface area contributed by atoms with E-state index in [1.807, 2.05) is 43.5 Å². The minimum absolute atomic E-state index is 0.193. The quantitative estimate of drug-likeness (QED) is 0.411. The highest BCUT2D eigenvalue weighted by atomic mass is 32.1. The predicted molar refractivity (Wildman–Crippen MR) is 120 cm³/mol. The molecule has 158 valence electrons. The highest BCUT2D eigenvalue weighted by Crippen LogP contribution is 2.30. The van der Waals surface area contributed by atoms with Gasteiger partial charge in [0.1, 0.15) is 12.0 Å². The summed E-state index contributed by atoms with van der Waals surface area (Å²) < 4.78 is 30.0. The zero-order chi connectivity index (χ0) is 22.2. The summed E-state index contributed by atoms with van der Waals surface area (Å²) in [5.41, 5.74) is 4.77. The Labute approximate surface area is 186 Å². The summed E-state index contributed by atoms with van der Waals surface area (Å²) in [4.78, 5) is 8.76. The number of hydrogen-bond donors (Lipinski definition) is 1. The average molecular weight is 447 g/mol. The molecule has 4 aromatic heterocycles. The second kappa shape index (κ2) is 7.89. The van der Waals surface area contributed by atoms with Crippen LogP contribution in [0.1, 0.15) is 5.69 Å². The number of nitrogens with one attached hydrogen (secondary N) is 1. The van der Waals surface area contributed by atoms with Gasteiger partial charge in [-0.1, -0.05) is 6.07 Å². The van der Waals surface area contributed by atoms with E-state index in [-0.39, 0.29) is 5.11 Å². The number of anilines is 1. The number of hydrogen-bond acceptors (Lipinski definition) is 5. The van der Waals surface area contributed by atoms with Gasteiger partial charge in [0, 0.05) is 41.0 Å². The van der Waals surface area contributed by atoms with Crippen LogP contribution in [0.15, 0.2) is 67.3 Å². The average Bonchev–Trinajstić information content (AvgIpc) is 3.43. The van der Waals surface area contributed by atoms with Crippen molar-refractivity contribution >= 4 is 28.7 Å². The molecule has 0 unspecified atom stereocenters. The van der Waals surface area contributed by atoms with Crippen LogP contribution in [0.25, 0.3) is 28.2 Å². The van der Waals surface area contributed by atoms with Gasteiger partial charge in [-0.2, -0.15) is 10.2 Å². The highest BCUT2D eigenvalue weighted by molar-refractivity contribution is 7.80. The molecule has 0 amide bonds. The summed E-state index contributed by atoms with van der Waals surface area (Å²) in [7, 11) is 0. The van der Waals surface area contributed by atoms with Crippen molar-refractivity contribution in [3.8, 4) is 22.5 Å². The molecule has 0 spiro atoms. The maximum atomic E-state index is 13.6. The van der Waals surface area contributed by atoms with Gasteiger partial charge in [0.05, 0.1) is 5.69 Å². The SMILES string of the molecule is Cc1cccc(-c2nn(C(=S)Nc3ccc(F)c(F)c3)cc2-c2ccc3ncnn3c2)n1. The summed E-state index contributed by atoms with van der Waals surface area (Å²) >= 11 is 5.47. The molecule has 5 rings (SSSR count). The Kier molecular flexibility index (Phi) is 4.91. The first-order chi connectivity index (χ1) is 15.5. The number of pyridine rings is 2. The first-order valence-electron chi connectivity index (χ1n) is 9.58. The summed E-state index contributed by atoms with van der Waals surface area (Å²) in [5, 5.41) is 11.9. The third kappa shape index (κ3) is 3.71. The van der Waals surface area contributed by atoms with Crippen LogP contribution in [-0.4, -0.2) is 34.5 Å². The van der Waals surface area contributed by atoms with Crippen LogP contribution < -0.4 is 5.32 Å². The van der Waals surface area contributed by atoms with Crippen molar-refractivity contribution in [2.75, 3.05) is 5.32 Å². The molecule has 0 saturated heterocycles. The van der Waals surface area contributed by atoms with Crippen LogP contribution in [0, 0.1) is 18.6 Å². The molecule has 0 aliphatic heterocycles. The number of rotatable bonds is 3. The van der Waals surface area contributed by atoms with Crippen LogP contribution in [0.2, 0.25) is 0 Å². The number of thiocarbonyl (C=S) groups is 1. The maximum Gasteiger partial charge on any atom is 0.198 e. The van der Waals surface area contributed by atoms with Crippen LogP contribution in [0.5, 0.6) is 0 Å². The second-order valence-electron chi connectivity index (χ2n) is 7.04. The molecule has 0 radical (unpaired) electrons. The maximum absolute atomic E-state index is 13.6. The van der Waals surface area contributed by atoms with Crippen LogP contribution in [0.3, 0.4) is 0 Å². The fraction of sp³-hybridized carbons (Fsp3) is 0.0455. The lowest BCUT2D eigenvalue weighted by atomic mass is 10.1. The van der Waals surface area contributed by atoms with Gasteiger partial charge < -0.3 is 5.32 Å². The molecular weight excluding hydrogens is 432 g/mol. The molecule has 10 heteroatoms. The van der Waals surface area contributed by atoms with E-state index in [4.69, 9.17) is 12.2 Å². The van der Waals surface area contributed by atoms with Gasteiger partial charge >= 0.3 is 0 Å². The molecule has 0 aliphatic carbocycles. The number of fused-ring (bicyclic) bond motifs is 1. The lowest BCUT2D eigenvalue weighted by Gasteiger charge is -2.08. The van der Waals surface area contributed by atoms with E-state index < -0.39 is 11.6 Å². The van der Waals surface area contributed by atoms with Crippen molar-refractivity contribution in [1.82, 2.24) is 29.4 Å². The largest absolute Gasteiger partial charge is 0.331 e. The number of aromatic nitrogens is 6. The fourth-order valence-electron chi connectivity index (χ4n) is 3.28. The molecule has 0 fully saturated rings. The van der Waals surface area contributed by atoms with Crippen LogP contribution in [0.4, 0.5) is 14.5 Å². The van der Waals surface area contributed by atoms with E-state index in [2.05, 4.69) is 25.5 Å². The molecule has 5 aromatic rings. The van der Waals surface area contributed by atoms with Gasteiger partial charge in [-0.05, 0) is 55.5 Å². The van der Waals surface area contributed by atoms with Gasteiger partial charge in [0.2, 0.25) is 0 Å². The third-order valence-electron chi connectivity index (χ3n) is 4.81. The second-order valence-corrected chi connectivity index (χ2v) is 7.43. The molecule has 0 atom stereocenters. The monoisotopic (exact) mass is 447 g/mol. The van der Waals surface area contributed by atoms with E-state index in [0.29, 0.717) is 22.7 Å². The number of halogens is 2. The summed E-state index contributed by atoms with van der Waals surface area (Å²) in [5.74, 6) is -1.90.